The molecule has 2 unspecified atom stereocenters. The SMILES string of the molecule is CCN1CC(C)(C)Oc2ccc(C(O)C3CCCN3)cc21. The molecule has 0 saturated carbocycles. The number of benzene rings is 1. The third-order valence-corrected chi connectivity index (χ3v) is 4.48. The van der Waals surface area contributed by atoms with E-state index in [0.717, 1.165) is 49.5 Å². The van der Waals surface area contributed by atoms with Crippen molar-refractivity contribution in [2.75, 3.05) is 24.5 Å². The van der Waals surface area contributed by atoms with Crippen molar-refractivity contribution in [1.29, 1.82) is 0 Å². The summed E-state index contributed by atoms with van der Waals surface area (Å²) < 4.78 is 6.07. The molecule has 4 heteroatoms. The van der Waals surface area contributed by atoms with Crippen LogP contribution in [0, 0.1) is 0 Å². The Labute approximate surface area is 127 Å². The second-order valence-electron chi connectivity index (χ2n) is 6.75. The average molecular weight is 290 g/mol. The highest BCUT2D eigenvalue weighted by molar-refractivity contribution is 5.62. The predicted molar refractivity (Wildman–Crippen MR) is 85.0 cm³/mol. The second-order valence-corrected chi connectivity index (χ2v) is 6.75. The van der Waals surface area contributed by atoms with Crippen LogP contribution in [-0.4, -0.2) is 36.4 Å². The lowest BCUT2D eigenvalue weighted by Gasteiger charge is -2.41. The van der Waals surface area contributed by atoms with Gasteiger partial charge < -0.3 is 20.1 Å². The molecular weight excluding hydrogens is 264 g/mol. The first-order valence-electron chi connectivity index (χ1n) is 7.99. The molecule has 0 aliphatic carbocycles. The molecule has 1 fully saturated rings. The largest absolute Gasteiger partial charge is 0.484 e. The Hall–Kier alpha value is -1.26. The fraction of sp³-hybridized carbons (Fsp3) is 0.647. The summed E-state index contributed by atoms with van der Waals surface area (Å²) in [6.07, 6.45) is 1.75. The zero-order valence-corrected chi connectivity index (χ0v) is 13.2. The molecule has 1 aromatic carbocycles. The van der Waals surface area contributed by atoms with Crippen molar-refractivity contribution in [2.45, 2.75) is 51.4 Å². The molecule has 116 valence electrons. The summed E-state index contributed by atoms with van der Waals surface area (Å²) in [5, 5.41) is 13.9. The van der Waals surface area contributed by atoms with E-state index < -0.39 is 6.10 Å². The molecule has 1 aromatic rings. The molecule has 0 amide bonds. The summed E-state index contributed by atoms with van der Waals surface area (Å²) >= 11 is 0. The van der Waals surface area contributed by atoms with Gasteiger partial charge in [-0.25, -0.2) is 0 Å². The van der Waals surface area contributed by atoms with E-state index in [2.05, 4.69) is 37.1 Å². The molecule has 0 radical (unpaired) electrons. The molecular formula is C17H26N2O2. The van der Waals surface area contributed by atoms with Gasteiger partial charge in [-0.3, -0.25) is 0 Å². The minimum Gasteiger partial charge on any atom is -0.484 e. The lowest BCUT2D eigenvalue weighted by atomic mass is 9.98. The molecule has 1 saturated heterocycles. The van der Waals surface area contributed by atoms with Crippen LogP contribution in [0.15, 0.2) is 18.2 Å². The van der Waals surface area contributed by atoms with E-state index >= 15 is 0 Å². The topological polar surface area (TPSA) is 44.7 Å². The molecule has 2 aliphatic heterocycles. The van der Waals surface area contributed by atoms with Crippen LogP contribution in [0.25, 0.3) is 0 Å². The Morgan fingerprint density at radius 1 is 1.48 bits per heavy atom. The highest BCUT2D eigenvalue weighted by Gasteiger charge is 2.32. The number of hydrogen-bond donors (Lipinski definition) is 2. The number of aliphatic hydroxyl groups is 1. The van der Waals surface area contributed by atoms with Gasteiger partial charge in [0.1, 0.15) is 11.4 Å². The summed E-state index contributed by atoms with van der Waals surface area (Å²) in [6.45, 7) is 9.21. The number of hydrogen-bond acceptors (Lipinski definition) is 4. The summed E-state index contributed by atoms with van der Waals surface area (Å²) in [7, 11) is 0. The van der Waals surface area contributed by atoms with Crippen molar-refractivity contribution < 1.29 is 9.84 Å². The van der Waals surface area contributed by atoms with Crippen LogP contribution in [0.4, 0.5) is 5.69 Å². The molecule has 2 atom stereocenters. The van der Waals surface area contributed by atoms with Gasteiger partial charge in [0.05, 0.1) is 18.3 Å². The Balaban J connectivity index is 1.89. The van der Waals surface area contributed by atoms with E-state index in [1.165, 1.54) is 0 Å². The highest BCUT2D eigenvalue weighted by Crippen LogP contribution is 2.39. The number of fused-ring (bicyclic) bond motifs is 1. The quantitative estimate of drug-likeness (QED) is 0.897. The molecule has 0 bridgehead atoms. The van der Waals surface area contributed by atoms with Gasteiger partial charge in [0.15, 0.2) is 0 Å². The van der Waals surface area contributed by atoms with Crippen LogP contribution in [0.1, 0.15) is 45.3 Å². The Morgan fingerprint density at radius 2 is 2.29 bits per heavy atom. The molecule has 4 nitrogen and oxygen atoms in total. The molecule has 0 spiro atoms. The number of anilines is 1. The van der Waals surface area contributed by atoms with Crippen LogP contribution in [0.5, 0.6) is 5.75 Å². The lowest BCUT2D eigenvalue weighted by Crippen LogP contribution is -2.46. The Kier molecular flexibility index (Phi) is 3.84. The van der Waals surface area contributed by atoms with E-state index in [1.807, 2.05) is 12.1 Å². The van der Waals surface area contributed by atoms with Crippen molar-refractivity contribution in [3.63, 3.8) is 0 Å². The van der Waals surface area contributed by atoms with Gasteiger partial charge in [0, 0.05) is 12.6 Å². The summed E-state index contributed by atoms with van der Waals surface area (Å²) in [5.74, 6) is 0.920. The number of nitrogens with zero attached hydrogens (tertiary/aromatic N) is 1. The third-order valence-electron chi connectivity index (χ3n) is 4.48. The maximum atomic E-state index is 10.6. The van der Waals surface area contributed by atoms with Gasteiger partial charge in [-0.1, -0.05) is 6.07 Å². The summed E-state index contributed by atoms with van der Waals surface area (Å²) in [6, 6.07) is 6.28. The fourth-order valence-electron chi connectivity index (χ4n) is 3.42. The van der Waals surface area contributed by atoms with Crippen molar-refractivity contribution in [2.24, 2.45) is 0 Å². The van der Waals surface area contributed by atoms with Gasteiger partial charge in [0.2, 0.25) is 0 Å². The van der Waals surface area contributed by atoms with E-state index in [4.69, 9.17) is 4.74 Å². The normalized spacial score (nSPS) is 25.3. The first-order valence-corrected chi connectivity index (χ1v) is 7.99. The highest BCUT2D eigenvalue weighted by atomic mass is 16.5. The first-order chi connectivity index (χ1) is 10.00. The number of likely N-dealkylation sites (N-methyl/N-ethyl adjacent to an activating group) is 1. The van der Waals surface area contributed by atoms with Gasteiger partial charge in [-0.2, -0.15) is 0 Å². The van der Waals surface area contributed by atoms with Crippen molar-refractivity contribution in [1.82, 2.24) is 5.32 Å². The smallest absolute Gasteiger partial charge is 0.143 e. The maximum absolute atomic E-state index is 10.6. The molecule has 21 heavy (non-hydrogen) atoms. The Bertz CT molecular complexity index is 510. The third kappa shape index (κ3) is 2.87. The number of rotatable bonds is 3. The van der Waals surface area contributed by atoms with E-state index in [-0.39, 0.29) is 11.6 Å². The lowest BCUT2D eigenvalue weighted by molar-refractivity contribution is 0.105. The molecule has 0 aromatic heterocycles. The number of nitrogens with one attached hydrogen (secondary N) is 1. The molecule has 2 aliphatic rings. The first kappa shape index (κ1) is 14.7. The average Bonchev–Trinajstić information content (AvgIpc) is 2.98. The molecule has 2 heterocycles. The van der Waals surface area contributed by atoms with E-state index in [1.54, 1.807) is 0 Å². The molecule has 3 rings (SSSR count). The van der Waals surface area contributed by atoms with E-state index in [9.17, 15) is 5.11 Å². The zero-order chi connectivity index (χ0) is 15.0. The van der Waals surface area contributed by atoms with Gasteiger partial charge >= 0.3 is 0 Å². The number of aliphatic hydroxyl groups excluding tert-OH is 1. The summed E-state index contributed by atoms with van der Waals surface area (Å²) in [5.41, 5.74) is 1.91. The van der Waals surface area contributed by atoms with Gasteiger partial charge in [-0.15, -0.1) is 0 Å². The van der Waals surface area contributed by atoms with Crippen LogP contribution in [0.2, 0.25) is 0 Å². The van der Waals surface area contributed by atoms with Crippen LogP contribution >= 0.6 is 0 Å². The zero-order valence-electron chi connectivity index (χ0n) is 13.2. The maximum Gasteiger partial charge on any atom is 0.143 e. The van der Waals surface area contributed by atoms with Crippen LogP contribution in [0.3, 0.4) is 0 Å². The summed E-state index contributed by atoms with van der Waals surface area (Å²) in [4.78, 5) is 2.33. The standard InChI is InChI=1S/C17H26N2O2/c1-4-19-11-17(2,3)21-15-8-7-12(10-14(15)19)16(20)13-6-5-9-18-13/h7-8,10,13,16,18,20H,4-6,9,11H2,1-3H3. The minimum absolute atomic E-state index is 0.170. The Morgan fingerprint density at radius 3 is 2.95 bits per heavy atom. The van der Waals surface area contributed by atoms with Crippen LogP contribution in [-0.2, 0) is 0 Å². The minimum atomic E-state index is -0.438. The van der Waals surface area contributed by atoms with Crippen molar-refractivity contribution in [3.05, 3.63) is 23.8 Å². The predicted octanol–water partition coefficient (Wildman–Crippen LogP) is 2.47. The van der Waals surface area contributed by atoms with Gasteiger partial charge in [-0.05, 0) is 57.9 Å². The fourth-order valence-corrected chi connectivity index (χ4v) is 3.42. The monoisotopic (exact) mass is 290 g/mol. The van der Waals surface area contributed by atoms with Crippen molar-refractivity contribution >= 4 is 5.69 Å². The van der Waals surface area contributed by atoms with E-state index in [0.29, 0.717) is 0 Å². The molecule has 2 N–H and O–H groups in total. The van der Waals surface area contributed by atoms with Crippen molar-refractivity contribution in [3.8, 4) is 5.75 Å². The van der Waals surface area contributed by atoms with Crippen LogP contribution < -0.4 is 15.0 Å². The second kappa shape index (κ2) is 5.50. The van der Waals surface area contributed by atoms with Gasteiger partial charge in [0.25, 0.3) is 0 Å². The number of ether oxygens (including phenoxy) is 1.